The summed E-state index contributed by atoms with van der Waals surface area (Å²) in [7, 11) is 1.47. The Labute approximate surface area is 192 Å². The number of nitrogens with zero attached hydrogens (tertiary/aromatic N) is 3. The van der Waals surface area contributed by atoms with E-state index in [0.717, 1.165) is 17.7 Å². The van der Waals surface area contributed by atoms with E-state index < -0.39 is 0 Å². The Morgan fingerprint density at radius 2 is 1.88 bits per heavy atom. The van der Waals surface area contributed by atoms with Crippen molar-refractivity contribution in [3.8, 4) is 28.4 Å². The van der Waals surface area contributed by atoms with Gasteiger partial charge in [0.05, 0.1) is 24.6 Å². The van der Waals surface area contributed by atoms with Crippen LogP contribution in [0.25, 0.3) is 16.9 Å². The number of aryl methyl sites for hydroxylation is 1. The largest absolute Gasteiger partial charge is 0.504 e. The summed E-state index contributed by atoms with van der Waals surface area (Å²) in [4.78, 5) is 13.0. The van der Waals surface area contributed by atoms with E-state index in [1.165, 1.54) is 25.0 Å². The molecule has 0 spiro atoms. The lowest BCUT2D eigenvalue weighted by atomic mass is 10.0. The van der Waals surface area contributed by atoms with E-state index in [-0.39, 0.29) is 11.7 Å². The molecule has 0 unspecified atom stereocenters. The van der Waals surface area contributed by atoms with Crippen LogP contribution < -0.4 is 10.2 Å². The molecule has 3 aromatic carbocycles. The molecule has 4 aromatic rings. The molecule has 2 N–H and O–H groups in total. The van der Waals surface area contributed by atoms with Crippen LogP contribution in [0.2, 0.25) is 0 Å². The van der Waals surface area contributed by atoms with Gasteiger partial charge in [0.2, 0.25) is 0 Å². The van der Waals surface area contributed by atoms with Gasteiger partial charge in [0.25, 0.3) is 5.91 Å². The second-order valence-corrected chi connectivity index (χ2v) is 7.35. The Morgan fingerprint density at radius 3 is 2.58 bits per heavy atom. The van der Waals surface area contributed by atoms with Crippen molar-refractivity contribution in [2.24, 2.45) is 5.10 Å². The number of carbonyl (C=O) groups is 1. The molecular formula is C26H24N4O3. The third kappa shape index (κ3) is 4.93. The summed E-state index contributed by atoms with van der Waals surface area (Å²) in [6, 6.07) is 22.4. The number of benzene rings is 3. The highest BCUT2D eigenvalue weighted by molar-refractivity contribution is 6.00. The zero-order chi connectivity index (χ0) is 23.2. The van der Waals surface area contributed by atoms with E-state index in [1.807, 2.05) is 54.6 Å². The smallest absolute Gasteiger partial charge is 0.275 e. The van der Waals surface area contributed by atoms with E-state index >= 15 is 0 Å². The Bertz CT molecular complexity index is 1280. The molecule has 33 heavy (non-hydrogen) atoms. The van der Waals surface area contributed by atoms with Crippen molar-refractivity contribution in [1.29, 1.82) is 0 Å². The van der Waals surface area contributed by atoms with E-state index in [9.17, 15) is 9.90 Å². The Morgan fingerprint density at radius 1 is 1.12 bits per heavy atom. The fourth-order valence-corrected chi connectivity index (χ4v) is 3.36. The molecule has 7 heteroatoms. The molecule has 1 aromatic heterocycles. The van der Waals surface area contributed by atoms with Crippen LogP contribution in [0.4, 0.5) is 0 Å². The van der Waals surface area contributed by atoms with Gasteiger partial charge in [-0.1, -0.05) is 49.4 Å². The van der Waals surface area contributed by atoms with Crippen molar-refractivity contribution >= 4 is 12.1 Å². The van der Waals surface area contributed by atoms with Crippen LogP contribution in [0.3, 0.4) is 0 Å². The van der Waals surface area contributed by atoms with Gasteiger partial charge >= 0.3 is 0 Å². The first-order valence-corrected chi connectivity index (χ1v) is 10.5. The topological polar surface area (TPSA) is 88.7 Å². The molecule has 0 fully saturated rings. The van der Waals surface area contributed by atoms with Gasteiger partial charge in [0.15, 0.2) is 11.5 Å². The summed E-state index contributed by atoms with van der Waals surface area (Å²) in [6.07, 6.45) is 4.12. The number of para-hydroxylation sites is 1. The number of aromatic hydroxyl groups is 1. The molecule has 0 aliphatic heterocycles. The molecule has 0 saturated carbocycles. The number of ether oxygens (including phenoxy) is 1. The van der Waals surface area contributed by atoms with Crippen LogP contribution in [0.15, 0.2) is 84.1 Å². The summed E-state index contributed by atoms with van der Waals surface area (Å²) in [5.41, 5.74) is 7.12. The third-order valence-corrected chi connectivity index (χ3v) is 5.20. The summed E-state index contributed by atoms with van der Waals surface area (Å²) < 4.78 is 6.79. The lowest BCUT2D eigenvalue weighted by Gasteiger charge is -2.04. The van der Waals surface area contributed by atoms with Crippen molar-refractivity contribution < 1.29 is 14.6 Å². The van der Waals surface area contributed by atoms with Crippen molar-refractivity contribution in [1.82, 2.24) is 15.2 Å². The molecule has 1 heterocycles. The SMILES string of the molecule is CCc1ccc(-c2nn(-c3ccccc3)cc2C(=O)NN=Cc2ccc(O)c(OC)c2)cc1. The molecule has 0 radical (unpaired) electrons. The molecule has 0 bridgehead atoms. The Balaban J connectivity index is 1.63. The molecule has 0 aliphatic rings. The number of phenols is 1. The minimum atomic E-state index is -0.381. The molecule has 4 rings (SSSR count). The van der Waals surface area contributed by atoms with E-state index in [4.69, 9.17) is 4.74 Å². The Hall–Kier alpha value is -4.39. The van der Waals surface area contributed by atoms with Gasteiger partial charge in [-0.25, -0.2) is 10.1 Å². The first-order chi connectivity index (χ1) is 16.1. The molecule has 1 amide bonds. The number of hydrazone groups is 1. The highest BCUT2D eigenvalue weighted by atomic mass is 16.5. The van der Waals surface area contributed by atoms with Crippen LogP contribution in [0.1, 0.15) is 28.4 Å². The van der Waals surface area contributed by atoms with Gasteiger partial charge in [0.1, 0.15) is 5.69 Å². The van der Waals surface area contributed by atoms with Crippen molar-refractivity contribution in [3.63, 3.8) is 0 Å². The molecule has 0 atom stereocenters. The zero-order valence-corrected chi connectivity index (χ0v) is 18.4. The van der Waals surface area contributed by atoms with Crippen molar-refractivity contribution in [2.75, 3.05) is 7.11 Å². The summed E-state index contributed by atoms with van der Waals surface area (Å²) >= 11 is 0. The predicted octanol–water partition coefficient (Wildman–Crippen LogP) is 4.58. The van der Waals surface area contributed by atoms with E-state index in [1.54, 1.807) is 23.0 Å². The summed E-state index contributed by atoms with van der Waals surface area (Å²) in [5, 5.41) is 18.5. The van der Waals surface area contributed by atoms with Gasteiger partial charge in [-0.15, -0.1) is 0 Å². The number of methoxy groups -OCH3 is 1. The fourth-order valence-electron chi connectivity index (χ4n) is 3.36. The van der Waals surface area contributed by atoms with Gasteiger partial charge in [-0.3, -0.25) is 4.79 Å². The van der Waals surface area contributed by atoms with Gasteiger partial charge in [0, 0.05) is 11.8 Å². The summed E-state index contributed by atoms with van der Waals surface area (Å²) in [5.74, 6) is -0.0216. The minimum absolute atomic E-state index is 0.0331. The number of carbonyl (C=O) groups excluding carboxylic acids is 1. The average molecular weight is 441 g/mol. The van der Waals surface area contributed by atoms with Crippen LogP contribution in [0.5, 0.6) is 11.5 Å². The number of aromatic nitrogens is 2. The highest BCUT2D eigenvalue weighted by Crippen LogP contribution is 2.26. The van der Waals surface area contributed by atoms with Gasteiger partial charge in [-0.2, -0.15) is 10.2 Å². The minimum Gasteiger partial charge on any atom is -0.504 e. The normalized spacial score (nSPS) is 11.0. The quantitative estimate of drug-likeness (QED) is 0.325. The van der Waals surface area contributed by atoms with Crippen molar-refractivity contribution in [2.45, 2.75) is 13.3 Å². The second-order valence-electron chi connectivity index (χ2n) is 7.35. The van der Waals surface area contributed by atoms with Gasteiger partial charge in [-0.05, 0) is 47.9 Å². The molecular weight excluding hydrogens is 416 g/mol. The van der Waals surface area contributed by atoms with Crippen LogP contribution in [0, 0.1) is 0 Å². The average Bonchev–Trinajstić information content (AvgIpc) is 3.31. The standard InChI is InChI=1S/C26H24N4O3/c1-3-18-9-12-20(13-10-18)25-22(17-30(29-25)21-7-5-4-6-8-21)26(32)28-27-16-19-11-14-23(31)24(15-19)33-2/h4-17,31H,3H2,1-2H3,(H,28,32). The maximum atomic E-state index is 13.0. The molecule has 0 saturated heterocycles. The first-order valence-electron chi connectivity index (χ1n) is 10.5. The lowest BCUT2D eigenvalue weighted by molar-refractivity contribution is 0.0955. The third-order valence-electron chi connectivity index (χ3n) is 5.20. The van der Waals surface area contributed by atoms with Crippen LogP contribution in [-0.2, 0) is 6.42 Å². The number of phenolic OH excluding ortho intramolecular Hbond substituents is 1. The number of hydrogen-bond acceptors (Lipinski definition) is 5. The van der Waals surface area contributed by atoms with Crippen molar-refractivity contribution in [3.05, 3.63) is 95.7 Å². The molecule has 0 aliphatic carbocycles. The lowest BCUT2D eigenvalue weighted by Crippen LogP contribution is -2.18. The fraction of sp³-hybridized carbons (Fsp3) is 0.115. The second kappa shape index (κ2) is 9.82. The van der Waals surface area contributed by atoms with Crippen LogP contribution >= 0.6 is 0 Å². The van der Waals surface area contributed by atoms with E-state index in [2.05, 4.69) is 22.5 Å². The maximum absolute atomic E-state index is 13.0. The zero-order valence-electron chi connectivity index (χ0n) is 18.4. The van der Waals surface area contributed by atoms with Gasteiger partial charge < -0.3 is 9.84 Å². The number of hydrogen-bond donors (Lipinski definition) is 2. The number of nitrogens with one attached hydrogen (secondary N) is 1. The molecule has 7 nitrogen and oxygen atoms in total. The molecule has 166 valence electrons. The predicted molar refractivity (Wildman–Crippen MR) is 128 cm³/mol. The Kier molecular flexibility index (Phi) is 6.50. The summed E-state index contributed by atoms with van der Waals surface area (Å²) in [6.45, 7) is 2.10. The monoisotopic (exact) mass is 440 g/mol. The van der Waals surface area contributed by atoms with Crippen LogP contribution in [-0.4, -0.2) is 34.1 Å². The maximum Gasteiger partial charge on any atom is 0.275 e. The number of amides is 1. The van der Waals surface area contributed by atoms with E-state index in [0.29, 0.717) is 22.6 Å². The number of rotatable bonds is 7. The first kappa shape index (κ1) is 21.8. The highest BCUT2D eigenvalue weighted by Gasteiger charge is 2.18.